The first kappa shape index (κ1) is 51.7. The fraction of sp³-hybridized carbons (Fsp3) is 1.00. The van der Waals surface area contributed by atoms with Crippen molar-refractivity contribution in [2.24, 2.45) is 11.8 Å². The lowest BCUT2D eigenvalue weighted by atomic mass is 10.1. The number of hydrogen-bond donors (Lipinski definition) is 2. The van der Waals surface area contributed by atoms with Gasteiger partial charge in [0.2, 0.25) is 0 Å². The Kier molecular flexibility index (Phi) is 54.5. The summed E-state index contributed by atoms with van der Waals surface area (Å²) in [5, 5.41) is 0. The van der Waals surface area contributed by atoms with Crippen molar-refractivity contribution in [3.8, 4) is 0 Å². The molecule has 0 aromatic heterocycles. The fourth-order valence-electron chi connectivity index (χ4n) is 5.82. The third-order valence-electron chi connectivity index (χ3n) is 8.58. The molecule has 0 aromatic carbocycles. The molecule has 2 atom stereocenters. The molecule has 0 amide bonds. The van der Waals surface area contributed by atoms with Gasteiger partial charge in [0.05, 0.1) is 0 Å². The topological polar surface area (TPSA) is 3.24 Å². The zero-order valence-electron chi connectivity index (χ0n) is 32.9. The second-order valence-electron chi connectivity index (χ2n) is 13.3. The Morgan fingerprint density at radius 2 is 0.739 bits per heavy atom. The van der Waals surface area contributed by atoms with Gasteiger partial charge in [0.25, 0.3) is 0 Å². The highest BCUT2D eigenvalue weighted by atomic mass is 32.2. The molecule has 2 unspecified atom stereocenters. The van der Waals surface area contributed by atoms with Gasteiger partial charge in [-0.05, 0) is 124 Å². The van der Waals surface area contributed by atoms with Crippen molar-refractivity contribution < 1.29 is 0 Å². The van der Waals surface area contributed by atoms with Crippen molar-refractivity contribution in [2.75, 3.05) is 54.2 Å². The van der Waals surface area contributed by atoms with E-state index in [0.717, 1.165) is 23.3 Å². The minimum absolute atomic E-state index is 0.873. The summed E-state index contributed by atoms with van der Waals surface area (Å²) in [5.74, 6) is 9.28. The molecular weight excluding hydrogens is 635 g/mol. The predicted molar refractivity (Wildman–Crippen MR) is 232 cm³/mol. The lowest BCUT2D eigenvalue weighted by Crippen LogP contribution is -2.27. The van der Waals surface area contributed by atoms with Crippen molar-refractivity contribution in [2.45, 2.75) is 196 Å². The molecule has 0 aromatic rings. The van der Waals surface area contributed by atoms with E-state index in [-0.39, 0.29) is 0 Å². The smallest absolute Gasteiger partial charge is 0.00187 e. The predicted octanol–water partition coefficient (Wildman–Crippen LogP) is 14.9. The van der Waals surface area contributed by atoms with Gasteiger partial charge in [-0.2, -0.15) is 48.8 Å². The summed E-state index contributed by atoms with van der Waals surface area (Å²) in [6.45, 7) is 19.1. The van der Waals surface area contributed by atoms with Crippen LogP contribution in [0.4, 0.5) is 0 Å². The van der Waals surface area contributed by atoms with Gasteiger partial charge in [-0.15, -0.1) is 0 Å². The molecule has 0 spiro atoms. The number of hydrogen-bond acceptors (Lipinski definition) is 5. The second-order valence-corrected chi connectivity index (χ2v) is 16.5. The number of nitrogens with zero attached hydrogens (tertiary/aromatic N) is 1. The van der Waals surface area contributed by atoms with E-state index in [1.807, 2.05) is 27.7 Å². The van der Waals surface area contributed by atoms with Gasteiger partial charge in [-0.1, -0.05) is 138 Å². The van der Waals surface area contributed by atoms with Crippen LogP contribution in [0.15, 0.2) is 0 Å². The Balaban J connectivity index is -0.00000443. The van der Waals surface area contributed by atoms with Crippen LogP contribution in [0.2, 0.25) is 0 Å². The summed E-state index contributed by atoms with van der Waals surface area (Å²) in [6.07, 6.45) is 32.6. The normalized spacial score (nSPS) is 12.4. The average molecular weight is 724 g/mol. The van der Waals surface area contributed by atoms with Crippen molar-refractivity contribution in [3.63, 3.8) is 0 Å². The minimum atomic E-state index is 0.873. The van der Waals surface area contributed by atoms with Gasteiger partial charge in [-0.3, -0.25) is 0 Å². The van der Waals surface area contributed by atoms with E-state index in [1.165, 1.54) is 190 Å². The van der Waals surface area contributed by atoms with Crippen LogP contribution in [0.5, 0.6) is 0 Å². The monoisotopic (exact) mass is 724 g/mol. The first-order chi connectivity index (χ1) is 22.6. The van der Waals surface area contributed by atoms with Gasteiger partial charge in [-0.25, -0.2) is 0 Å². The minimum Gasteiger partial charge on any atom is -0.303 e. The maximum atomic E-state index is 4.33. The number of thioether (sulfide) groups is 2. The van der Waals surface area contributed by atoms with E-state index in [0.29, 0.717) is 0 Å². The lowest BCUT2D eigenvalue weighted by Gasteiger charge is -2.21. The van der Waals surface area contributed by atoms with E-state index in [2.05, 4.69) is 74.5 Å². The Morgan fingerprint density at radius 3 is 1.04 bits per heavy atom. The van der Waals surface area contributed by atoms with Gasteiger partial charge < -0.3 is 4.90 Å². The van der Waals surface area contributed by atoms with Crippen LogP contribution in [0.25, 0.3) is 0 Å². The highest BCUT2D eigenvalue weighted by Gasteiger charge is 2.05. The SMILES string of the molecule is CC.CC.CCCN(CCCCCCCCCCCSCC(C)CCCS)CCCCCCCCCCCSCC(C)CCCS. The molecular formula is C41H89NS4. The molecule has 0 saturated carbocycles. The molecule has 0 rings (SSSR count). The maximum absolute atomic E-state index is 4.33. The Morgan fingerprint density at radius 1 is 0.435 bits per heavy atom. The Labute approximate surface area is 314 Å². The number of thiol groups is 2. The Hall–Kier alpha value is 1.36. The zero-order chi connectivity index (χ0) is 34.8. The summed E-state index contributed by atoms with van der Waals surface area (Å²) in [6, 6.07) is 0. The average Bonchev–Trinajstić information content (AvgIpc) is 3.08. The summed E-state index contributed by atoms with van der Waals surface area (Å²) in [5.41, 5.74) is 0. The Bertz CT molecular complexity index is 453. The molecule has 0 aliphatic rings. The summed E-state index contributed by atoms with van der Waals surface area (Å²) in [7, 11) is 0. The molecule has 282 valence electrons. The van der Waals surface area contributed by atoms with Crippen LogP contribution >= 0.6 is 48.8 Å². The summed E-state index contributed by atoms with van der Waals surface area (Å²) < 4.78 is 0. The number of unbranched alkanes of at least 4 members (excludes halogenated alkanes) is 16. The van der Waals surface area contributed by atoms with Crippen LogP contribution in [0.1, 0.15) is 196 Å². The van der Waals surface area contributed by atoms with Crippen molar-refractivity contribution in [1.82, 2.24) is 4.90 Å². The van der Waals surface area contributed by atoms with Crippen LogP contribution < -0.4 is 0 Å². The van der Waals surface area contributed by atoms with Crippen molar-refractivity contribution in [3.05, 3.63) is 0 Å². The standard InChI is InChI=1S/C37H77NS4.2C2H6/c1-4-27-38(28-19-15-11-7-5-9-13-17-21-32-41-34-36(2)25-23-30-39)29-20-16-12-8-6-10-14-18-22-33-42-35-37(3)26-24-31-40;2*1-2/h36-37,39-40H,4-35H2,1-3H3;2*1-2H3. The van der Waals surface area contributed by atoms with E-state index < -0.39 is 0 Å². The first-order valence-electron chi connectivity index (χ1n) is 20.7. The molecule has 0 radical (unpaired) electrons. The summed E-state index contributed by atoms with van der Waals surface area (Å²) >= 11 is 13.0. The molecule has 0 fully saturated rings. The largest absolute Gasteiger partial charge is 0.303 e. The highest BCUT2D eigenvalue weighted by molar-refractivity contribution is 7.99. The lowest BCUT2D eigenvalue weighted by molar-refractivity contribution is 0.260. The van der Waals surface area contributed by atoms with Gasteiger partial charge in [0, 0.05) is 0 Å². The van der Waals surface area contributed by atoms with Gasteiger partial charge in [0.15, 0.2) is 0 Å². The molecule has 0 aliphatic carbocycles. The maximum Gasteiger partial charge on any atom is -0.00187 e. The molecule has 0 N–H and O–H groups in total. The molecule has 5 heteroatoms. The third kappa shape index (κ3) is 45.4. The molecule has 0 heterocycles. The van der Waals surface area contributed by atoms with E-state index in [9.17, 15) is 0 Å². The molecule has 0 aliphatic heterocycles. The van der Waals surface area contributed by atoms with Crippen LogP contribution in [-0.4, -0.2) is 59.1 Å². The third-order valence-corrected chi connectivity index (χ3v) is 12.0. The zero-order valence-corrected chi connectivity index (χ0v) is 36.4. The molecule has 46 heavy (non-hydrogen) atoms. The molecule has 1 nitrogen and oxygen atoms in total. The van der Waals surface area contributed by atoms with E-state index in [1.54, 1.807) is 0 Å². The highest BCUT2D eigenvalue weighted by Crippen LogP contribution is 2.18. The van der Waals surface area contributed by atoms with Crippen molar-refractivity contribution >= 4 is 48.8 Å². The van der Waals surface area contributed by atoms with Crippen LogP contribution in [-0.2, 0) is 0 Å². The second kappa shape index (κ2) is 48.5. The van der Waals surface area contributed by atoms with E-state index in [4.69, 9.17) is 0 Å². The quantitative estimate of drug-likeness (QED) is 0.0490. The molecule has 0 bridgehead atoms. The van der Waals surface area contributed by atoms with Gasteiger partial charge >= 0.3 is 0 Å². The summed E-state index contributed by atoms with van der Waals surface area (Å²) in [4.78, 5) is 2.76. The van der Waals surface area contributed by atoms with Crippen molar-refractivity contribution in [1.29, 1.82) is 0 Å². The van der Waals surface area contributed by atoms with Gasteiger partial charge in [0.1, 0.15) is 0 Å². The van der Waals surface area contributed by atoms with Crippen LogP contribution in [0, 0.1) is 11.8 Å². The van der Waals surface area contributed by atoms with Crippen LogP contribution in [0.3, 0.4) is 0 Å². The fourth-order valence-corrected chi connectivity index (χ4v) is 8.47. The molecule has 0 saturated heterocycles. The first-order valence-corrected chi connectivity index (χ1v) is 24.3. The number of rotatable bonds is 36. The van der Waals surface area contributed by atoms with E-state index >= 15 is 0 Å².